The van der Waals surface area contributed by atoms with Crippen LogP contribution in [0.15, 0.2) is 35.0 Å². The number of benzene rings is 1. The Bertz CT molecular complexity index is 735. The van der Waals surface area contributed by atoms with Gasteiger partial charge in [-0.25, -0.2) is 4.39 Å². The van der Waals surface area contributed by atoms with Crippen molar-refractivity contribution in [2.75, 3.05) is 0 Å². The van der Waals surface area contributed by atoms with Crippen molar-refractivity contribution in [3.8, 4) is 28.7 Å². The van der Waals surface area contributed by atoms with Crippen LogP contribution in [0.1, 0.15) is 0 Å². The predicted molar refractivity (Wildman–Crippen MR) is 63.6 cm³/mol. The summed E-state index contributed by atoms with van der Waals surface area (Å²) in [5, 5.41) is 17.5. The van der Waals surface area contributed by atoms with Crippen molar-refractivity contribution in [1.29, 1.82) is 0 Å². The summed E-state index contributed by atoms with van der Waals surface area (Å²) in [7, 11) is 1.77. The number of halogens is 1. The summed E-state index contributed by atoms with van der Waals surface area (Å²) in [5.74, 6) is -0.306. The van der Waals surface area contributed by atoms with Crippen molar-refractivity contribution in [2.24, 2.45) is 7.05 Å². The zero-order valence-electron chi connectivity index (χ0n) is 9.91. The quantitative estimate of drug-likeness (QED) is 0.762. The lowest BCUT2D eigenvalue weighted by Gasteiger charge is -1.98. The van der Waals surface area contributed by atoms with Gasteiger partial charge in [0, 0.05) is 13.2 Å². The lowest BCUT2D eigenvalue weighted by atomic mass is 10.2. The number of hydrogen-bond acceptors (Lipinski definition) is 5. The Morgan fingerprint density at radius 3 is 2.89 bits per heavy atom. The zero-order chi connectivity index (χ0) is 13.4. The predicted octanol–water partition coefficient (Wildman–Crippen LogP) is 1.98. The number of aromatic hydroxyl groups is 1. The fourth-order valence-corrected chi connectivity index (χ4v) is 1.65. The van der Waals surface area contributed by atoms with Crippen molar-refractivity contribution < 1.29 is 14.0 Å². The number of aryl methyl sites for hydroxylation is 1. The third kappa shape index (κ3) is 2.05. The molecule has 0 fully saturated rings. The van der Waals surface area contributed by atoms with Crippen LogP contribution in [0.5, 0.6) is 5.75 Å². The Kier molecular flexibility index (Phi) is 2.52. The number of rotatable bonds is 2. The van der Waals surface area contributed by atoms with Crippen LogP contribution < -0.4 is 0 Å². The largest absolute Gasteiger partial charge is 0.507 e. The Morgan fingerprint density at radius 1 is 1.32 bits per heavy atom. The topological polar surface area (TPSA) is 77.0 Å². The molecule has 0 aliphatic rings. The van der Waals surface area contributed by atoms with E-state index in [4.69, 9.17) is 4.52 Å². The molecule has 0 amide bonds. The van der Waals surface area contributed by atoms with Gasteiger partial charge in [0.15, 0.2) is 0 Å². The molecule has 0 aliphatic heterocycles. The van der Waals surface area contributed by atoms with Gasteiger partial charge in [-0.05, 0) is 24.3 Å². The molecule has 96 valence electrons. The molecule has 2 heterocycles. The van der Waals surface area contributed by atoms with E-state index in [0.717, 1.165) is 12.1 Å². The normalized spacial score (nSPS) is 10.8. The second-order valence-corrected chi connectivity index (χ2v) is 3.96. The summed E-state index contributed by atoms with van der Waals surface area (Å²) >= 11 is 0. The second-order valence-electron chi connectivity index (χ2n) is 3.96. The molecule has 0 aliphatic carbocycles. The summed E-state index contributed by atoms with van der Waals surface area (Å²) < 4.78 is 19.8. The van der Waals surface area contributed by atoms with Gasteiger partial charge in [0.25, 0.3) is 5.89 Å². The van der Waals surface area contributed by atoms with E-state index in [0.29, 0.717) is 5.69 Å². The molecular weight excluding hydrogens is 251 g/mol. The lowest BCUT2D eigenvalue weighted by molar-refractivity contribution is 0.424. The van der Waals surface area contributed by atoms with Crippen LogP contribution in [0.25, 0.3) is 23.0 Å². The maximum Gasteiger partial charge on any atom is 0.262 e. The van der Waals surface area contributed by atoms with Crippen molar-refractivity contribution in [3.63, 3.8) is 0 Å². The van der Waals surface area contributed by atoms with Gasteiger partial charge in [0.2, 0.25) is 5.82 Å². The molecule has 0 spiro atoms. The second kappa shape index (κ2) is 4.20. The van der Waals surface area contributed by atoms with E-state index in [-0.39, 0.29) is 23.0 Å². The number of hydrogen-bond donors (Lipinski definition) is 1. The highest BCUT2D eigenvalue weighted by atomic mass is 19.1. The molecule has 1 aromatic carbocycles. The van der Waals surface area contributed by atoms with Crippen LogP contribution in [-0.2, 0) is 7.05 Å². The molecule has 1 N–H and O–H groups in total. The summed E-state index contributed by atoms with van der Waals surface area (Å²) in [6.45, 7) is 0. The molecule has 7 heteroatoms. The number of phenolic OH excluding ortho intramolecular Hbond substituents is 1. The first-order valence-corrected chi connectivity index (χ1v) is 5.46. The Balaban J connectivity index is 2.03. The fourth-order valence-electron chi connectivity index (χ4n) is 1.65. The van der Waals surface area contributed by atoms with E-state index >= 15 is 0 Å². The van der Waals surface area contributed by atoms with Gasteiger partial charge in [-0.3, -0.25) is 4.68 Å². The van der Waals surface area contributed by atoms with E-state index in [9.17, 15) is 9.50 Å². The minimum atomic E-state index is -0.495. The molecule has 6 nitrogen and oxygen atoms in total. The van der Waals surface area contributed by atoms with Crippen molar-refractivity contribution >= 4 is 0 Å². The minimum absolute atomic E-state index is 0.0395. The van der Waals surface area contributed by atoms with Crippen LogP contribution in [0.4, 0.5) is 4.39 Å². The van der Waals surface area contributed by atoms with Gasteiger partial charge in [0.1, 0.15) is 17.3 Å². The van der Waals surface area contributed by atoms with E-state index in [2.05, 4.69) is 15.2 Å². The Labute approximate surface area is 107 Å². The molecule has 2 aromatic heterocycles. The first-order valence-electron chi connectivity index (χ1n) is 5.46. The van der Waals surface area contributed by atoms with Gasteiger partial charge in [0.05, 0.1) is 5.56 Å². The lowest BCUT2D eigenvalue weighted by Crippen LogP contribution is -1.89. The molecule has 19 heavy (non-hydrogen) atoms. The van der Waals surface area contributed by atoms with Crippen molar-refractivity contribution in [2.45, 2.75) is 0 Å². The first kappa shape index (κ1) is 11.4. The van der Waals surface area contributed by atoms with Crippen LogP contribution in [-0.4, -0.2) is 25.0 Å². The average Bonchev–Trinajstić information content (AvgIpc) is 3.00. The van der Waals surface area contributed by atoms with Gasteiger partial charge in [-0.1, -0.05) is 5.16 Å². The van der Waals surface area contributed by atoms with Crippen LogP contribution in [0.2, 0.25) is 0 Å². The van der Waals surface area contributed by atoms with Crippen LogP contribution >= 0.6 is 0 Å². The molecule has 0 bridgehead atoms. The van der Waals surface area contributed by atoms with E-state index < -0.39 is 5.82 Å². The highest BCUT2D eigenvalue weighted by Gasteiger charge is 2.16. The fraction of sp³-hybridized carbons (Fsp3) is 0.0833. The molecule has 3 rings (SSSR count). The van der Waals surface area contributed by atoms with Crippen LogP contribution in [0, 0.1) is 5.82 Å². The molecule has 0 atom stereocenters. The van der Waals surface area contributed by atoms with Crippen molar-refractivity contribution in [1.82, 2.24) is 19.9 Å². The Hall–Kier alpha value is -2.70. The molecule has 0 radical (unpaired) electrons. The zero-order valence-corrected chi connectivity index (χ0v) is 9.91. The monoisotopic (exact) mass is 260 g/mol. The third-order valence-corrected chi connectivity index (χ3v) is 2.56. The average molecular weight is 260 g/mol. The maximum absolute atomic E-state index is 13.1. The van der Waals surface area contributed by atoms with Crippen molar-refractivity contribution in [3.05, 3.63) is 36.3 Å². The summed E-state index contributed by atoms with van der Waals surface area (Å²) in [5.41, 5.74) is 0.683. The van der Waals surface area contributed by atoms with Gasteiger partial charge in [-0.15, -0.1) is 0 Å². The van der Waals surface area contributed by atoms with Gasteiger partial charge < -0.3 is 9.63 Å². The van der Waals surface area contributed by atoms with E-state index in [1.807, 2.05) is 0 Å². The summed E-state index contributed by atoms with van der Waals surface area (Å²) in [4.78, 5) is 4.09. The maximum atomic E-state index is 13.1. The highest BCUT2D eigenvalue weighted by molar-refractivity contribution is 5.63. The summed E-state index contributed by atoms with van der Waals surface area (Å²) in [6.07, 6.45) is 1.74. The highest BCUT2D eigenvalue weighted by Crippen LogP contribution is 2.29. The van der Waals surface area contributed by atoms with Gasteiger partial charge in [-0.2, -0.15) is 10.1 Å². The summed E-state index contributed by atoms with van der Waals surface area (Å²) in [6, 6.07) is 5.23. The van der Waals surface area contributed by atoms with Crippen LogP contribution in [0.3, 0.4) is 0 Å². The Morgan fingerprint density at radius 2 is 2.16 bits per heavy atom. The minimum Gasteiger partial charge on any atom is -0.507 e. The molecule has 0 saturated carbocycles. The number of phenols is 1. The molecule has 0 saturated heterocycles. The van der Waals surface area contributed by atoms with E-state index in [1.54, 1.807) is 24.0 Å². The first-order chi connectivity index (χ1) is 9.13. The molecular formula is C12H9FN4O2. The SMILES string of the molecule is Cn1ccc(-c2noc(-c3cc(F)ccc3O)n2)n1. The number of aromatic nitrogens is 4. The number of nitrogens with zero attached hydrogens (tertiary/aromatic N) is 4. The smallest absolute Gasteiger partial charge is 0.262 e. The van der Waals surface area contributed by atoms with E-state index in [1.165, 1.54) is 6.07 Å². The van der Waals surface area contributed by atoms with Gasteiger partial charge >= 0.3 is 0 Å². The molecule has 0 unspecified atom stereocenters. The molecule has 3 aromatic rings. The standard InChI is InChI=1S/C12H9FN4O2/c1-17-5-4-9(15-17)11-14-12(19-16-11)8-6-7(13)2-3-10(8)18/h2-6,18H,1H3. The third-order valence-electron chi connectivity index (χ3n) is 2.56.